The molecular weight excluding hydrogens is 410 g/mol. The summed E-state index contributed by atoms with van der Waals surface area (Å²) in [7, 11) is -0.972. The Morgan fingerprint density at radius 3 is 2.72 bits per heavy atom. The summed E-state index contributed by atoms with van der Waals surface area (Å²) in [5.41, 5.74) is 2.10. The number of anilines is 1. The molecular formula is C20H19N3O4S2. The molecule has 1 amide bonds. The predicted molar refractivity (Wildman–Crippen MR) is 114 cm³/mol. The van der Waals surface area contributed by atoms with E-state index in [9.17, 15) is 13.2 Å². The first-order valence-electron chi connectivity index (χ1n) is 8.53. The lowest BCUT2D eigenvalue weighted by Crippen LogP contribution is -2.19. The van der Waals surface area contributed by atoms with Crippen molar-refractivity contribution in [1.29, 1.82) is 0 Å². The van der Waals surface area contributed by atoms with Gasteiger partial charge in [-0.25, -0.2) is 18.1 Å². The molecule has 0 fully saturated rings. The number of carbonyl (C=O) groups excluding carboxylic acids is 1. The van der Waals surface area contributed by atoms with E-state index in [0.717, 1.165) is 10.6 Å². The van der Waals surface area contributed by atoms with Crippen LogP contribution in [0.4, 0.5) is 5.69 Å². The lowest BCUT2D eigenvalue weighted by Gasteiger charge is -2.09. The summed E-state index contributed by atoms with van der Waals surface area (Å²) in [5, 5.41) is 5.55. The minimum absolute atomic E-state index is 0.00112. The van der Waals surface area contributed by atoms with Crippen LogP contribution in [0, 0.1) is 0 Å². The van der Waals surface area contributed by atoms with E-state index in [1.807, 2.05) is 23.6 Å². The van der Waals surface area contributed by atoms with Crippen molar-refractivity contribution < 1.29 is 17.9 Å². The van der Waals surface area contributed by atoms with Gasteiger partial charge in [-0.1, -0.05) is 18.2 Å². The molecule has 9 heteroatoms. The van der Waals surface area contributed by atoms with Crippen molar-refractivity contribution in [2.24, 2.45) is 0 Å². The molecule has 0 aliphatic carbocycles. The molecule has 2 aromatic carbocycles. The first-order valence-corrected chi connectivity index (χ1v) is 10.9. The van der Waals surface area contributed by atoms with Crippen LogP contribution >= 0.6 is 11.3 Å². The normalized spacial score (nSPS) is 11.5. The van der Waals surface area contributed by atoms with E-state index in [0.29, 0.717) is 11.3 Å². The molecule has 7 nitrogen and oxygen atoms in total. The fourth-order valence-corrected chi connectivity index (χ4v) is 4.13. The number of sulfonamides is 1. The highest BCUT2D eigenvalue weighted by molar-refractivity contribution is 7.89. The van der Waals surface area contributed by atoms with Crippen LogP contribution in [0.15, 0.2) is 65.0 Å². The van der Waals surface area contributed by atoms with Crippen LogP contribution in [-0.2, 0) is 14.8 Å². The van der Waals surface area contributed by atoms with Gasteiger partial charge in [0.05, 0.1) is 7.11 Å². The van der Waals surface area contributed by atoms with E-state index in [2.05, 4.69) is 15.0 Å². The molecule has 2 N–H and O–H groups in total. The van der Waals surface area contributed by atoms with E-state index in [1.165, 1.54) is 43.7 Å². The largest absolute Gasteiger partial charge is 0.495 e. The smallest absolute Gasteiger partial charge is 0.248 e. The maximum Gasteiger partial charge on any atom is 0.248 e. The van der Waals surface area contributed by atoms with Crippen molar-refractivity contribution in [1.82, 2.24) is 9.71 Å². The first-order chi connectivity index (χ1) is 13.9. The molecule has 150 valence electrons. The topological polar surface area (TPSA) is 97.4 Å². The van der Waals surface area contributed by atoms with Crippen molar-refractivity contribution in [2.75, 3.05) is 19.5 Å². The predicted octanol–water partition coefficient (Wildman–Crippen LogP) is 3.38. The number of aromatic nitrogens is 1. The van der Waals surface area contributed by atoms with Crippen LogP contribution < -0.4 is 14.8 Å². The monoisotopic (exact) mass is 429 g/mol. The average molecular weight is 430 g/mol. The number of rotatable bonds is 7. The van der Waals surface area contributed by atoms with Crippen LogP contribution in [0.3, 0.4) is 0 Å². The number of hydrogen-bond acceptors (Lipinski definition) is 6. The molecule has 0 bridgehead atoms. The number of hydrogen-bond donors (Lipinski definition) is 2. The summed E-state index contributed by atoms with van der Waals surface area (Å²) in [6.45, 7) is 0. The quantitative estimate of drug-likeness (QED) is 0.561. The number of methoxy groups -OCH3 is 1. The Bertz CT molecular complexity index is 1140. The number of ether oxygens (including phenoxy) is 1. The van der Waals surface area contributed by atoms with E-state index in [4.69, 9.17) is 4.74 Å². The fraction of sp³-hybridized carbons (Fsp3) is 0.100. The minimum atomic E-state index is -3.69. The van der Waals surface area contributed by atoms with Gasteiger partial charge in [0.25, 0.3) is 0 Å². The third kappa shape index (κ3) is 5.08. The number of carbonyl (C=O) groups is 1. The molecule has 3 aromatic rings. The zero-order valence-corrected chi connectivity index (χ0v) is 17.4. The van der Waals surface area contributed by atoms with Gasteiger partial charge >= 0.3 is 0 Å². The average Bonchev–Trinajstić information content (AvgIpc) is 3.27. The maximum atomic E-state index is 12.3. The summed E-state index contributed by atoms with van der Waals surface area (Å²) in [6.07, 6.45) is 4.60. The van der Waals surface area contributed by atoms with Crippen LogP contribution in [-0.4, -0.2) is 33.5 Å². The van der Waals surface area contributed by atoms with Crippen molar-refractivity contribution in [3.63, 3.8) is 0 Å². The standard InChI is InChI=1S/C20H19N3O4S2/c1-21-29(25,26)18-12-14(6-8-17(18)27-2)7-9-19(24)23-16-5-3-4-15(13-16)20-22-10-11-28-20/h3-13,21H,1-2H3,(H,23,24). The molecule has 0 atom stereocenters. The van der Waals surface area contributed by atoms with Crippen LogP contribution in [0.5, 0.6) is 5.75 Å². The molecule has 0 saturated heterocycles. The Hall–Kier alpha value is -3.01. The second-order valence-corrected chi connectivity index (χ2v) is 8.61. The lowest BCUT2D eigenvalue weighted by atomic mass is 10.2. The second-order valence-electron chi connectivity index (χ2n) is 5.86. The van der Waals surface area contributed by atoms with Crippen molar-refractivity contribution in [3.8, 4) is 16.3 Å². The Balaban J connectivity index is 1.76. The van der Waals surface area contributed by atoms with Gasteiger partial charge in [0.2, 0.25) is 15.9 Å². The molecule has 0 aliphatic rings. The van der Waals surface area contributed by atoms with Gasteiger partial charge in [0.15, 0.2) is 0 Å². The van der Waals surface area contributed by atoms with Gasteiger partial charge in [0, 0.05) is 28.9 Å². The zero-order chi connectivity index (χ0) is 20.9. The summed E-state index contributed by atoms with van der Waals surface area (Å²) in [6, 6.07) is 12.0. The summed E-state index contributed by atoms with van der Waals surface area (Å²) in [4.78, 5) is 16.5. The third-order valence-electron chi connectivity index (χ3n) is 3.98. The molecule has 0 radical (unpaired) electrons. The van der Waals surface area contributed by atoms with E-state index >= 15 is 0 Å². The van der Waals surface area contributed by atoms with Gasteiger partial charge in [-0.2, -0.15) is 0 Å². The van der Waals surface area contributed by atoms with E-state index in [-0.39, 0.29) is 16.6 Å². The highest BCUT2D eigenvalue weighted by atomic mass is 32.2. The number of amides is 1. The molecule has 3 rings (SSSR count). The van der Waals surface area contributed by atoms with E-state index in [1.54, 1.807) is 24.4 Å². The van der Waals surface area contributed by atoms with Gasteiger partial charge < -0.3 is 10.1 Å². The summed E-state index contributed by atoms with van der Waals surface area (Å²) in [5.74, 6) is -0.116. The van der Waals surface area contributed by atoms with Gasteiger partial charge in [-0.15, -0.1) is 11.3 Å². The highest BCUT2D eigenvalue weighted by Gasteiger charge is 2.17. The Morgan fingerprint density at radius 1 is 1.21 bits per heavy atom. The number of thiazole rings is 1. The van der Waals surface area contributed by atoms with Crippen LogP contribution in [0.25, 0.3) is 16.6 Å². The Morgan fingerprint density at radius 2 is 2.03 bits per heavy atom. The van der Waals surface area contributed by atoms with Crippen molar-refractivity contribution >= 4 is 39.0 Å². The number of benzene rings is 2. The fourth-order valence-electron chi connectivity index (χ4n) is 2.57. The summed E-state index contributed by atoms with van der Waals surface area (Å²) >= 11 is 1.52. The van der Waals surface area contributed by atoms with E-state index < -0.39 is 10.0 Å². The van der Waals surface area contributed by atoms with Crippen molar-refractivity contribution in [2.45, 2.75) is 4.90 Å². The number of nitrogens with zero attached hydrogens (tertiary/aromatic N) is 1. The van der Waals surface area contributed by atoms with Gasteiger partial charge in [-0.3, -0.25) is 4.79 Å². The molecule has 0 aliphatic heterocycles. The SMILES string of the molecule is CNS(=O)(=O)c1cc(C=CC(=O)Nc2cccc(-c3nccs3)c2)ccc1OC. The molecule has 1 aromatic heterocycles. The van der Waals surface area contributed by atoms with Crippen LogP contribution in [0.2, 0.25) is 0 Å². The molecule has 0 unspecified atom stereocenters. The molecule has 29 heavy (non-hydrogen) atoms. The molecule has 0 saturated carbocycles. The van der Waals surface area contributed by atoms with Gasteiger partial charge in [-0.05, 0) is 43.0 Å². The Kier molecular flexibility index (Phi) is 6.42. The maximum absolute atomic E-state index is 12.3. The molecule has 0 spiro atoms. The second kappa shape index (κ2) is 8.99. The first kappa shape index (κ1) is 20.7. The highest BCUT2D eigenvalue weighted by Crippen LogP contribution is 2.26. The third-order valence-corrected chi connectivity index (χ3v) is 6.24. The zero-order valence-electron chi connectivity index (χ0n) is 15.7. The molecule has 1 heterocycles. The minimum Gasteiger partial charge on any atom is -0.495 e. The lowest BCUT2D eigenvalue weighted by molar-refractivity contribution is -0.111. The van der Waals surface area contributed by atoms with Gasteiger partial charge in [0.1, 0.15) is 15.7 Å². The van der Waals surface area contributed by atoms with Crippen LogP contribution in [0.1, 0.15) is 5.56 Å². The summed E-state index contributed by atoms with van der Waals surface area (Å²) < 4.78 is 31.7. The Labute approximate surface area is 173 Å². The van der Waals surface area contributed by atoms with Crippen molar-refractivity contribution in [3.05, 3.63) is 65.7 Å². The number of nitrogens with one attached hydrogen (secondary N) is 2.